The number of esters is 1. The number of rotatable bonds is 10. The molecule has 0 aromatic carbocycles. The molecule has 2 atom stereocenters. The molecule has 0 unspecified atom stereocenters. The van der Waals surface area contributed by atoms with Crippen LogP contribution >= 0.6 is 0 Å². The van der Waals surface area contributed by atoms with Gasteiger partial charge >= 0.3 is 5.97 Å². The first kappa shape index (κ1) is 28.3. The molecular weight excluding hydrogens is 396 g/mol. The fourth-order valence-corrected chi connectivity index (χ4v) is 4.70. The maximum atomic E-state index is 11.2. The van der Waals surface area contributed by atoms with Gasteiger partial charge in [0.2, 0.25) is 0 Å². The van der Waals surface area contributed by atoms with Gasteiger partial charge in [0.25, 0.3) is 0 Å². The third-order valence-corrected chi connectivity index (χ3v) is 15.5. The Morgan fingerprint density at radius 1 is 0.931 bits per heavy atom. The Morgan fingerprint density at radius 3 is 1.90 bits per heavy atom. The van der Waals surface area contributed by atoms with Crippen LogP contribution in [-0.4, -0.2) is 42.4 Å². The van der Waals surface area contributed by atoms with Gasteiger partial charge in [0, 0.05) is 12.7 Å². The molecule has 0 saturated carbocycles. The van der Waals surface area contributed by atoms with E-state index in [9.17, 15) is 4.79 Å². The molecule has 4 nitrogen and oxygen atoms in total. The summed E-state index contributed by atoms with van der Waals surface area (Å²) in [4.78, 5) is 11.2. The van der Waals surface area contributed by atoms with E-state index in [1.807, 2.05) is 6.08 Å². The van der Waals surface area contributed by atoms with Crippen LogP contribution in [-0.2, 0) is 18.4 Å². The summed E-state index contributed by atoms with van der Waals surface area (Å²) in [6.45, 7) is 25.6. The van der Waals surface area contributed by atoms with Crippen molar-refractivity contribution in [1.82, 2.24) is 0 Å². The molecule has 0 saturated heterocycles. The van der Waals surface area contributed by atoms with E-state index >= 15 is 0 Å². The summed E-state index contributed by atoms with van der Waals surface area (Å²) in [5.41, 5.74) is 0. The summed E-state index contributed by atoms with van der Waals surface area (Å²) >= 11 is 0. The number of hydrogen-bond acceptors (Lipinski definition) is 4. The summed E-state index contributed by atoms with van der Waals surface area (Å²) in [6, 6.07) is 0. The predicted octanol–water partition coefficient (Wildman–Crippen LogP) is 6.71. The average Bonchev–Trinajstić information content (AvgIpc) is 2.54. The van der Waals surface area contributed by atoms with E-state index in [1.165, 1.54) is 13.2 Å². The predicted molar refractivity (Wildman–Crippen MR) is 129 cm³/mol. The van der Waals surface area contributed by atoms with Crippen molar-refractivity contribution in [1.29, 1.82) is 0 Å². The molecule has 0 aromatic heterocycles. The number of hydrogen-bond donors (Lipinski definition) is 0. The average molecular weight is 443 g/mol. The van der Waals surface area contributed by atoms with Gasteiger partial charge in [0.1, 0.15) is 0 Å². The normalized spacial score (nSPS) is 16.4. The SMILES string of the molecule is COC(=O)/C=C\C=C\[C@H](C)[C@H](CCO[Si](C)(C)C(C)(C)C)O[Si](C)(C)C(C)(C)C. The minimum Gasteiger partial charge on any atom is -0.466 e. The third-order valence-electron chi connectivity index (χ3n) is 6.47. The standard InChI is InChI=1S/C23H46O4Si2/c1-19(15-13-14-16-21(24)25-8)20(27-29(11,12)23(5,6)7)17-18-26-28(9,10)22(2,3)4/h13-16,19-20H,17-18H2,1-12H3/b15-13+,16-14-/t19-,20-/m0/s1. The maximum absolute atomic E-state index is 11.2. The second-order valence-electron chi connectivity index (χ2n) is 10.9. The number of carbonyl (C=O) groups is 1. The summed E-state index contributed by atoms with van der Waals surface area (Å²) in [5.74, 6) is -0.131. The second kappa shape index (κ2) is 11.1. The minimum atomic E-state index is -1.90. The molecule has 0 aliphatic rings. The van der Waals surface area contributed by atoms with Crippen molar-refractivity contribution in [3.05, 3.63) is 24.3 Å². The van der Waals surface area contributed by atoms with Crippen LogP contribution in [0.2, 0.25) is 36.3 Å². The van der Waals surface area contributed by atoms with Crippen LogP contribution in [0.4, 0.5) is 0 Å². The summed E-state index contributed by atoms with van der Waals surface area (Å²) in [7, 11) is -2.30. The number of allylic oxidation sites excluding steroid dienone is 2. The first-order valence-electron chi connectivity index (χ1n) is 10.7. The van der Waals surface area contributed by atoms with Crippen LogP contribution in [0, 0.1) is 5.92 Å². The Hall–Kier alpha value is -0.696. The maximum Gasteiger partial charge on any atom is 0.330 e. The number of methoxy groups -OCH3 is 1. The highest BCUT2D eigenvalue weighted by Crippen LogP contribution is 2.39. The molecule has 170 valence electrons. The van der Waals surface area contributed by atoms with Crippen LogP contribution in [0.3, 0.4) is 0 Å². The van der Waals surface area contributed by atoms with Crippen LogP contribution in [0.15, 0.2) is 24.3 Å². The fraction of sp³-hybridized carbons (Fsp3) is 0.783. The summed E-state index contributed by atoms with van der Waals surface area (Å²) in [5, 5.41) is 0.354. The van der Waals surface area contributed by atoms with E-state index in [1.54, 1.807) is 6.08 Å². The highest BCUT2D eigenvalue weighted by Gasteiger charge is 2.40. The zero-order valence-corrected chi connectivity index (χ0v) is 23.0. The largest absolute Gasteiger partial charge is 0.466 e. The van der Waals surface area contributed by atoms with Crippen molar-refractivity contribution < 1.29 is 18.4 Å². The lowest BCUT2D eigenvalue weighted by Gasteiger charge is -2.41. The van der Waals surface area contributed by atoms with Crippen LogP contribution in [0.5, 0.6) is 0 Å². The van der Waals surface area contributed by atoms with Crippen molar-refractivity contribution in [3.63, 3.8) is 0 Å². The van der Waals surface area contributed by atoms with Crippen LogP contribution < -0.4 is 0 Å². The third kappa shape index (κ3) is 9.77. The van der Waals surface area contributed by atoms with E-state index in [0.717, 1.165) is 6.42 Å². The fourth-order valence-electron chi connectivity index (χ4n) is 2.20. The van der Waals surface area contributed by atoms with Gasteiger partial charge in [0.15, 0.2) is 16.6 Å². The molecule has 29 heavy (non-hydrogen) atoms. The number of carbonyl (C=O) groups excluding carboxylic acids is 1. The summed E-state index contributed by atoms with van der Waals surface area (Å²) < 4.78 is 17.8. The molecule has 0 fully saturated rings. The Morgan fingerprint density at radius 2 is 1.45 bits per heavy atom. The van der Waals surface area contributed by atoms with Crippen molar-refractivity contribution in [2.75, 3.05) is 13.7 Å². The highest BCUT2D eigenvalue weighted by molar-refractivity contribution is 6.74. The first-order valence-corrected chi connectivity index (χ1v) is 16.5. The van der Waals surface area contributed by atoms with Gasteiger partial charge in [0.05, 0.1) is 13.2 Å². The van der Waals surface area contributed by atoms with Gasteiger partial charge in [-0.25, -0.2) is 4.79 Å². The first-order chi connectivity index (χ1) is 12.9. The van der Waals surface area contributed by atoms with Crippen LogP contribution in [0.25, 0.3) is 0 Å². The minimum absolute atomic E-state index is 0.0865. The molecule has 0 bridgehead atoms. The molecule has 0 aliphatic carbocycles. The smallest absolute Gasteiger partial charge is 0.330 e. The van der Waals surface area contributed by atoms with Gasteiger partial charge in [-0.2, -0.15) is 0 Å². The Balaban J connectivity index is 5.28. The van der Waals surface area contributed by atoms with E-state index < -0.39 is 16.6 Å². The van der Waals surface area contributed by atoms with E-state index in [2.05, 4.69) is 85.5 Å². The van der Waals surface area contributed by atoms with Crippen molar-refractivity contribution >= 4 is 22.6 Å². The van der Waals surface area contributed by atoms with Gasteiger partial charge in [-0.1, -0.05) is 66.7 Å². The lowest BCUT2D eigenvalue weighted by atomic mass is 10.0. The molecule has 0 radical (unpaired) electrons. The lowest BCUT2D eigenvalue weighted by Crippen LogP contribution is -2.46. The topological polar surface area (TPSA) is 44.8 Å². The molecule has 0 heterocycles. The number of ether oxygens (including phenoxy) is 1. The van der Waals surface area contributed by atoms with E-state index in [4.69, 9.17) is 8.85 Å². The molecule has 6 heteroatoms. The molecule has 0 amide bonds. The molecular formula is C23H46O4Si2. The van der Waals surface area contributed by atoms with Gasteiger partial charge in [-0.15, -0.1) is 0 Å². The second-order valence-corrected chi connectivity index (χ2v) is 20.5. The van der Waals surface area contributed by atoms with Gasteiger partial charge in [-0.05, 0) is 48.6 Å². The van der Waals surface area contributed by atoms with Gasteiger partial charge in [-0.3, -0.25) is 0 Å². The van der Waals surface area contributed by atoms with Crippen LogP contribution in [0.1, 0.15) is 54.9 Å². The lowest BCUT2D eigenvalue weighted by molar-refractivity contribution is -0.134. The van der Waals surface area contributed by atoms with Crippen molar-refractivity contribution in [2.45, 2.75) is 97.3 Å². The zero-order valence-electron chi connectivity index (χ0n) is 21.0. The van der Waals surface area contributed by atoms with Gasteiger partial charge < -0.3 is 13.6 Å². The van der Waals surface area contributed by atoms with Crippen molar-refractivity contribution in [2.24, 2.45) is 5.92 Å². The molecule has 0 N–H and O–H groups in total. The monoisotopic (exact) mass is 442 g/mol. The Kier molecular flexibility index (Phi) is 10.8. The highest BCUT2D eigenvalue weighted by atomic mass is 28.4. The molecule has 0 spiro atoms. The van der Waals surface area contributed by atoms with E-state index in [-0.39, 0.29) is 28.1 Å². The zero-order chi connectivity index (χ0) is 23.1. The van der Waals surface area contributed by atoms with E-state index in [0.29, 0.717) is 6.61 Å². The quantitative estimate of drug-likeness (QED) is 0.163. The Labute approximate surface area is 182 Å². The molecule has 0 aromatic rings. The van der Waals surface area contributed by atoms with Crippen molar-refractivity contribution in [3.8, 4) is 0 Å². The summed E-state index contributed by atoms with van der Waals surface area (Å²) in [6.07, 6.45) is 8.10. The Bertz CT molecular complexity index is 566. The molecule has 0 aliphatic heterocycles. The molecule has 0 rings (SSSR count).